The normalized spacial score (nSPS) is 15.0. The molecule has 6 nitrogen and oxygen atoms in total. The Labute approximate surface area is 165 Å². The molecule has 1 fully saturated rings. The molecule has 1 heterocycles. The topological polar surface area (TPSA) is 67.9 Å². The van der Waals surface area contributed by atoms with Crippen LogP contribution in [0.4, 0.5) is 11.4 Å². The van der Waals surface area contributed by atoms with Gasteiger partial charge in [0.2, 0.25) is 0 Å². The average molecular weight is 382 g/mol. The van der Waals surface area contributed by atoms with Crippen LogP contribution in [0.3, 0.4) is 0 Å². The van der Waals surface area contributed by atoms with E-state index in [1.54, 1.807) is 19.1 Å². The van der Waals surface area contributed by atoms with Gasteiger partial charge >= 0.3 is 5.97 Å². The van der Waals surface area contributed by atoms with E-state index in [9.17, 15) is 9.59 Å². The SMILES string of the molecule is Cc1cccc(C(=O)O[C@@H](C)C(=O)Nc2ccc(N3CCOCC3)cc2)c1C. The molecular weight excluding hydrogens is 356 g/mol. The molecule has 0 aromatic heterocycles. The van der Waals surface area contributed by atoms with E-state index >= 15 is 0 Å². The number of carbonyl (C=O) groups excluding carboxylic acids is 2. The first kappa shape index (κ1) is 19.9. The zero-order chi connectivity index (χ0) is 20.1. The van der Waals surface area contributed by atoms with Crippen LogP contribution in [0.2, 0.25) is 0 Å². The predicted molar refractivity (Wildman–Crippen MR) is 109 cm³/mol. The maximum Gasteiger partial charge on any atom is 0.339 e. The van der Waals surface area contributed by atoms with Crippen molar-refractivity contribution < 1.29 is 19.1 Å². The van der Waals surface area contributed by atoms with Crippen molar-refractivity contribution in [1.29, 1.82) is 0 Å². The van der Waals surface area contributed by atoms with Gasteiger partial charge in [-0.05, 0) is 62.2 Å². The summed E-state index contributed by atoms with van der Waals surface area (Å²) in [7, 11) is 0. The number of amides is 1. The number of hydrogen-bond donors (Lipinski definition) is 1. The summed E-state index contributed by atoms with van der Waals surface area (Å²) in [6.07, 6.45) is -0.897. The summed E-state index contributed by atoms with van der Waals surface area (Å²) in [6.45, 7) is 8.54. The fourth-order valence-electron chi connectivity index (χ4n) is 3.07. The van der Waals surface area contributed by atoms with Gasteiger partial charge in [-0.3, -0.25) is 4.79 Å². The lowest BCUT2D eigenvalue weighted by molar-refractivity contribution is -0.123. The molecular formula is C22H26N2O4. The third kappa shape index (κ3) is 4.70. The van der Waals surface area contributed by atoms with Gasteiger partial charge in [0.05, 0.1) is 18.8 Å². The summed E-state index contributed by atoms with van der Waals surface area (Å²) in [5, 5.41) is 2.80. The number of nitrogens with zero attached hydrogens (tertiary/aromatic N) is 1. The smallest absolute Gasteiger partial charge is 0.339 e. The molecule has 0 spiro atoms. The van der Waals surface area contributed by atoms with Gasteiger partial charge < -0.3 is 19.7 Å². The quantitative estimate of drug-likeness (QED) is 0.804. The van der Waals surface area contributed by atoms with Crippen LogP contribution in [0.25, 0.3) is 0 Å². The number of nitrogens with one attached hydrogen (secondary N) is 1. The van der Waals surface area contributed by atoms with E-state index in [1.165, 1.54) is 0 Å². The molecule has 0 aliphatic carbocycles. The van der Waals surface area contributed by atoms with Gasteiger partial charge in [0.1, 0.15) is 0 Å². The number of ether oxygens (including phenoxy) is 2. The van der Waals surface area contributed by atoms with E-state index < -0.39 is 12.1 Å². The van der Waals surface area contributed by atoms with E-state index in [0.717, 1.165) is 43.1 Å². The Morgan fingerprint density at radius 2 is 1.75 bits per heavy atom. The van der Waals surface area contributed by atoms with Crippen LogP contribution >= 0.6 is 0 Å². The number of esters is 1. The molecule has 0 unspecified atom stereocenters. The Morgan fingerprint density at radius 3 is 2.43 bits per heavy atom. The molecule has 1 aliphatic rings. The Hall–Kier alpha value is -2.86. The van der Waals surface area contributed by atoms with Crippen molar-refractivity contribution in [2.45, 2.75) is 26.9 Å². The van der Waals surface area contributed by atoms with Crippen molar-refractivity contribution in [3.05, 3.63) is 59.2 Å². The maximum atomic E-state index is 12.4. The maximum absolute atomic E-state index is 12.4. The van der Waals surface area contributed by atoms with E-state index in [-0.39, 0.29) is 5.91 Å². The first-order valence-corrected chi connectivity index (χ1v) is 9.46. The molecule has 1 N–H and O–H groups in total. The second-order valence-corrected chi connectivity index (χ2v) is 6.93. The lowest BCUT2D eigenvalue weighted by Crippen LogP contribution is -2.36. The minimum absolute atomic E-state index is 0.363. The third-order valence-corrected chi connectivity index (χ3v) is 4.99. The largest absolute Gasteiger partial charge is 0.449 e. The molecule has 2 aromatic rings. The lowest BCUT2D eigenvalue weighted by Gasteiger charge is -2.28. The number of hydrogen-bond acceptors (Lipinski definition) is 5. The van der Waals surface area contributed by atoms with Crippen LogP contribution in [-0.4, -0.2) is 44.3 Å². The van der Waals surface area contributed by atoms with Crippen LogP contribution in [0.5, 0.6) is 0 Å². The summed E-state index contributed by atoms with van der Waals surface area (Å²) in [5.74, 6) is -0.857. The Bertz CT molecular complexity index is 842. The fraction of sp³-hybridized carbons (Fsp3) is 0.364. The molecule has 148 valence electrons. The summed E-state index contributed by atoms with van der Waals surface area (Å²) in [6, 6.07) is 13.1. The van der Waals surface area contributed by atoms with E-state index in [1.807, 2.05) is 44.2 Å². The summed E-state index contributed by atoms with van der Waals surface area (Å²) >= 11 is 0. The highest BCUT2D eigenvalue weighted by molar-refractivity contribution is 5.98. The zero-order valence-corrected chi connectivity index (χ0v) is 16.5. The Balaban J connectivity index is 1.57. The molecule has 1 amide bonds. The van der Waals surface area contributed by atoms with Crippen molar-refractivity contribution in [3.63, 3.8) is 0 Å². The van der Waals surface area contributed by atoms with Gasteiger partial charge in [0, 0.05) is 24.5 Å². The first-order chi connectivity index (χ1) is 13.5. The van der Waals surface area contributed by atoms with Crippen LogP contribution in [-0.2, 0) is 14.3 Å². The number of anilines is 2. The Kier molecular flexibility index (Phi) is 6.31. The zero-order valence-electron chi connectivity index (χ0n) is 16.5. The highest BCUT2D eigenvalue weighted by atomic mass is 16.5. The Morgan fingerprint density at radius 1 is 1.07 bits per heavy atom. The molecule has 28 heavy (non-hydrogen) atoms. The second kappa shape index (κ2) is 8.89. The van der Waals surface area contributed by atoms with Gasteiger partial charge in [-0.25, -0.2) is 4.79 Å². The van der Waals surface area contributed by atoms with Crippen molar-refractivity contribution in [3.8, 4) is 0 Å². The van der Waals surface area contributed by atoms with Crippen LogP contribution in [0, 0.1) is 13.8 Å². The molecule has 0 saturated carbocycles. The molecule has 3 rings (SSSR count). The molecule has 2 aromatic carbocycles. The molecule has 1 atom stereocenters. The molecule has 1 saturated heterocycles. The van der Waals surface area contributed by atoms with Crippen LogP contribution < -0.4 is 10.2 Å². The molecule has 6 heteroatoms. The second-order valence-electron chi connectivity index (χ2n) is 6.93. The lowest BCUT2D eigenvalue weighted by atomic mass is 10.0. The number of morpholine rings is 1. The van der Waals surface area contributed by atoms with Crippen molar-refractivity contribution >= 4 is 23.3 Å². The number of rotatable bonds is 5. The van der Waals surface area contributed by atoms with E-state index in [4.69, 9.17) is 9.47 Å². The number of aryl methyl sites for hydroxylation is 1. The summed E-state index contributed by atoms with van der Waals surface area (Å²) in [5.41, 5.74) is 4.10. The molecule has 0 bridgehead atoms. The number of benzene rings is 2. The monoisotopic (exact) mass is 382 g/mol. The molecule has 1 aliphatic heterocycles. The first-order valence-electron chi connectivity index (χ1n) is 9.46. The predicted octanol–water partition coefficient (Wildman–Crippen LogP) is 3.32. The van der Waals surface area contributed by atoms with Crippen LogP contribution in [0.15, 0.2) is 42.5 Å². The highest BCUT2D eigenvalue weighted by Crippen LogP contribution is 2.20. The average Bonchev–Trinajstić information content (AvgIpc) is 2.71. The van der Waals surface area contributed by atoms with Gasteiger partial charge in [0.15, 0.2) is 6.10 Å². The van der Waals surface area contributed by atoms with Crippen molar-refractivity contribution in [2.75, 3.05) is 36.5 Å². The fourth-order valence-corrected chi connectivity index (χ4v) is 3.07. The minimum atomic E-state index is -0.897. The van der Waals surface area contributed by atoms with Gasteiger partial charge in [-0.1, -0.05) is 12.1 Å². The number of carbonyl (C=O) groups is 2. The molecule has 0 radical (unpaired) electrons. The third-order valence-electron chi connectivity index (χ3n) is 4.99. The minimum Gasteiger partial charge on any atom is -0.449 e. The van der Waals surface area contributed by atoms with E-state index in [0.29, 0.717) is 11.3 Å². The van der Waals surface area contributed by atoms with Crippen molar-refractivity contribution in [2.24, 2.45) is 0 Å². The summed E-state index contributed by atoms with van der Waals surface area (Å²) < 4.78 is 10.7. The van der Waals surface area contributed by atoms with Crippen molar-refractivity contribution in [1.82, 2.24) is 0 Å². The van der Waals surface area contributed by atoms with Gasteiger partial charge in [-0.15, -0.1) is 0 Å². The standard InChI is InChI=1S/C22H26N2O4/c1-15-5-4-6-20(16(15)2)22(26)28-17(3)21(25)23-18-7-9-19(10-8-18)24-11-13-27-14-12-24/h4-10,17H,11-14H2,1-3H3,(H,23,25)/t17-/m0/s1. The van der Waals surface area contributed by atoms with Gasteiger partial charge in [-0.2, -0.15) is 0 Å². The van der Waals surface area contributed by atoms with Crippen LogP contribution in [0.1, 0.15) is 28.4 Å². The van der Waals surface area contributed by atoms with Gasteiger partial charge in [0.25, 0.3) is 5.91 Å². The highest BCUT2D eigenvalue weighted by Gasteiger charge is 2.20. The van der Waals surface area contributed by atoms with E-state index in [2.05, 4.69) is 10.2 Å². The summed E-state index contributed by atoms with van der Waals surface area (Å²) in [4.78, 5) is 27.0.